The van der Waals surface area contributed by atoms with Gasteiger partial charge in [-0.2, -0.15) is 0 Å². The molecule has 1 atom stereocenters. The van der Waals surface area contributed by atoms with Crippen LogP contribution in [0.1, 0.15) is 22.6 Å². The van der Waals surface area contributed by atoms with Crippen molar-refractivity contribution in [3.05, 3.63) is 17.7 Å². The van der Waals surface area contributed by atoms with Crippen LogP contribution in [0.4, 0.5) is 0 Å². The van der Waals surface area contributed by atoms with Crippen molar-refractivity contribution < 1.29 is 14.3 Å². The lowest BCUT2D eigenvalue weighted by molar-refractivity contribution is -0.128. The van der Waals surface area contributed by atoms with Crippen LogP contribution in [-0.4, -0.2) is 59.6 Å². The highest BCUT2D eigenvalue weighted by Crippen LogP contribution is 2.16. The van der Waals surface area contributed by atoms with Gasteiger partial charge in [0.25, 0.3) is 5.91 Å². The summed E-state index contributed by atoms with van der Waals surface area (Å²) >= 11 is 0. The molecule has 0 radical (unpaired) electrons. The molecule has 0 spiro atoms. The van der Waals surface area contributed by atoms with E-state index < -0.39 is 0 Å². The van der Waals surface area contributed by atoms with E-state index in [1.165, 1.54) is 0 Å². The van der Waals surface area contributed by atoms with E-state index in [1.807, 2.05) is 0 Å². The standard InChI is InChI=1S/C14H22N4O3/c1-10-13(17(2)9-16-10)14(20)15-7-11-6-12(19)18(8-11)4-5-21-3/h9,11H,4-8H2,1-3H3,(H,15,20)/t11-/m0/s1. The molecule has 1 aromatic heterocycles. The fraction of sp³-hybridized carbons (Fsp3) is 0.643. The number of methoxy groups -OCH3 is 1. The number of hydrogen-bond donors (Lipinski definition) is 1. The molecule has 7 nitrogen and oxygen atoms in total. The largest absolute Gasteiger partial charge is 0.383 e. The van der Waals surface area contributed by atoms with E-state index in [1.54, 1.807) is 36.9 Å². The molecule has 1 N–H and O–H groups in total. The van der Waals surface area contributed by atoms with Crippen molar-refractivity contribution in [3.8, 4) is 0 Å². The van der Waals surface area contributed by atoms with Gasteiger partial charge in [-0.1, -0.05) is 0 Å². The molecular formula is C14H22N4O3. The monoisotopic (exact) mass is 294 g/mol. The summed E-state index contributed by atoms with van der Waals surface area (Å²) in [4.78, 5) is 29.9. The van der Waals surface area contributed by atoms with Gasteiger partial charge in [0, 0.05) is 46.1 Å². The molecule has 1 aromatic rings. The molecule has 1 fully saturated rings. The van der Waals surface area contributed by atoms with Gasteiger partial charge in [-0.3, -0.25) is 9.59 Å². The minimum absolute atomic E-state index is 0.128. The third kappa shape index (κ3) is 3.60. The van der Waals surface area contributed by atoms with Gasteiger partial charge in [0.15, 0.2) is 0 Å². The second kappa shape index (κ2) is 6.71. The first-order valence-electron chi connectivity index (χ1n) is 7.05. The second-order valence-electron chi connectivity index (χ2n) is 5.40. The van der Waals surface area contributed by atoms with Gasteiger partial charge in [0.05, 0.1) is 18.6 Å². The number of hydrogen-bond acceptors (Lipinski definition) is 4. The Morgan fingerprint density at radius 1 is 1.57 bits per heavy atom. The van der Waals surface area contributed by atoms with Gasteiger partial charge in [-0.05, 0) is 6.92 Å². The van der Waals surface area contributed by atoms with Crippen LogP contribution in [0.5, 0.6) is 0 Å². The molecule has 1 saturated heterocycles. The Morgan fingerprint density at radius 3 is 2.95 bits per heavy atom. The number of nitrogens with one attached hydrogen (secondary N) is 1. The van der Waals surface area contributed by atoms with Gasteiger partial charge in [0.2, 0.25) is 5.91 Å². The lowest BCUT2D eigenvalue weighted by Gasteiger charge is -2.16. The fourth-order valence-corrected chi connectivity index (χ4v) is 2.60. The van der Waals surface area contributed by atoms with E-state index in [9.17, 15) is 9.59 Å². The maximum Gasteiger partial charge on any atom is 0.269 e. The number of carbonyl (C=O) groups is 2. The highest BCUT2D eigenvalue weighted by atomic mass is 16.5. The molecule has 2 rings (SSSR count). The second-order valence-corrected chi connectivity index (χ2v) is 5.40. The SMILES string of the molecule is COCCN1C[C@H](CNC(=O)c2c(C)ncn2C)CC1=O. The Hall–Kier alpha value is -1.89. The predicted molar refractivity (Wildman–Crippen MR) is 76.8 cm³/mol. The van der Waals surface area contributed by atoms with Crippen molar-refractivity contribution in [2.75, 3.05) is 33.4 Å². The van der Waals surface area contributed by atoms with E-state index in [0.717, 1.165) is 0 Å². The first-order chi connectivity index (χ1) is 10.0. The van der Waals surface area contributed by atoms with Gasteiger partial charge in [-0.25, -0.2) is 4.98 Å². The van der Waals surface area contributed by atoms with Crippen molar-refractivity contribution in [1.29, 1.82) is 0 Å². The maximum atomic E-state index is 12.1. The van der Waals surface area contributed by atoms with E-state index in [0.29, 0.717) is 44.0 Å². The van der Waals surface area contributed by atoms with Gasteiger partial charge in [0.1, 0.15) is 5.69 Å². The molecule has 1 aliphatic rings. The molecule has 116 valence electrons. The maximum absolute atomic E-state index is 12.1. The minimum atomic E-state index is -0.143. The first-order valence-corrected chi connectivity index (χ1v) is 7.05. The third-order valence-corrected chi connectivity index (χ3v) is 3.75. The average molecular weight is 294 g/mol. The van der Waals surface area contributed by atoms with Crippen LogP contribution < -0.4 is 5.32 Å². The highest BCUT2D eigenvalue weighted by molar-refractivity contribution is 5.93. The summed E-state index contributed by atoms with van der Waals surface area (Å²) in [6, 6.07) is 0. The number of ether oxygens (including phenoxy) is 1. The van der Waals surface area contributed by atoms with Crippen LogP contribution in [0.2, 0.25) is 0 Å². The molecule has 2 amide bonds. The summed E-state index contributed by atoms with van der Waals surface area (Å²) < 4.78 is 6.69. The molecule has 2 heterocycles. The Kier molecular flexibility index (Phi) is 4.95. The van der Waals surface area contributed by atoms with Crippen LogP contribution in [0.3, 0.4) is 0 Å². The number of imidazole rings is 1. The summed E-state index contributed by atoms with van der Waals surface area (Å²) in [6.45, 7) is 4.13. The Bertz CT molecular complexity index is 507. The fourth-order valence-electron chi connectivity index (χ4n) is 2.60. The van der Waals surface area contributed by atoms with E-state index >= 15 is 0 Å². The zero-order valence-corrected chi connectivity index (χ0v) is 12.8. The van der Waals surface area contributed by atoms with Crippen LogP contribution in [0.25, 0.3) is 0 Å². The lowest BCUT2D eigenvalue weighted by atomic mass is 10.1. The van der Waals surface area contributed by atoms with E-state index in [2.05, 4.69) is 10.3 Å². The number of aromatic nitrogens is 2. The Balaban J connectivity index is 1.84. The van der Waals surface area contributed by atoms with E-state index in [-0.39, 0.29) is 17.7 Å². The smallest absolute Gasteiger partial charge is 0.269 e. The topological polar surface area (TPSA) is 76.5 Å². The Labute approximate surface area is 124 Å². The van der Waals surface area contributed by atoms with Crippen LogP contribution >= 0.6 is 0 Å². The molecular weight excluding hydrogens is 272 g/mol. The number of amides is 2. The molecule has 0 aliphatic carbocycles. The minimum Gasteiger partial charge on any atom is -0.383 e. The number of rotatable bonds is 6. The van der Waals surface area contributed by atoms with Crippen LogP contribution in [-0.2, 0) is 16.6 Å². The number of carbonyl (C=O) groups excluding carboxylic acids is 2. The van der Waals surface area contributed by atoms with Crippen molar-refractivity contribution in [2.24, 2.45) is 13.0 Å². The summed E-state index contributed by atoms with van der Waals surface area (Å²) in [5.74, 6) is 0.144. The quantitative estimate of drug-likeness (QED) is 0.798. The zero-order valence-electron chi connectivity index (χ0n) is 12.8. The summed E-state index contributed by atoms with van der Waals surface area (Å²) in [6.07, 6.45) is 2.10. The lowest BCUT2D eigenvalue weighted by Crippen LogP contribution is -2.33. The zero-order chi connectivity index (χ0) is 15.4. The van der Waals surface area contributed by atoms with Crippen molar-refractivity contribution in [3.63, 3.8) is 0 Å². The van der Waals surface area contributed by atoms with Crippen molar-refractivity contribution in [1.82, 2.24) is 19.8 Å². The van der Waals surface area contributed by atoms with Crippen LogP contribution in [0.15, 0.2) is 6.33 Å². The molecule has 1 aliphatic heterocycles. The summed E-state index contributed by atoms with van der Waals surface area (Å²) in [5.41, 5.74) is 1.27. The summed E-state index contributed by atoms with van der Waals surface area (Å²) in [5, 5.41) is 2.90. The molecule has 0 bridgehead atoms. The Morgan fingerprint density at radius 2 is 2.33 bits per heavy atom. The first kappa shape index (κ1) is 15.5. The average Bonchev–Trinajstić information content (AvgIpc) is 2.97. The molecule has 0 unspecified atom stereocenters. The third-order valence-electron chi connectivity index (χ3n) is 3.75. The molecule has 21 heavy (non-hydrogen) atoms. The number of likely N-dealkylation sites (tertiary alicyclic amines) is 1. The number of aryl methyl sites for hydroxylation is 2. The summed E-state index contributed by atoms with van der Waals surface area (Å²) in [7, 11) is 3.41. The van der Waals surface area contributed by atoms with Gasteiger partial charge in [-0.15, -0.1) is 0 Å². The normalized spacial score (nSPS) is 18.3. The van der Waals surface area contributed by atoms with Gasteiger partial charge < -0.3 is 19.5 Å². The predicted octanol–water partition coefficient (Wildman–Crippen LogP) is -0.0468. The van der Waals surface area contributed by atoms with Gasteiger partial charge >= 0.3 is 0 Å². The van der Waals surface area contributed by atoms with E-state index in [4.69, 9.17) is 4.74 Å². The molecule has 0 aromatic carbocycles. The van der Waals surface area contributed by atoms with Crippen molar-refractivity contribution in [2.45, 2.75) is 13.3 Å². The molecule has 7 heteroatoms. The van der Waals surface area contributed by atoms with Crippen LogP contribution in [0, 0.1) is 12.8 Å². The van der Waals surface area contributed by atoms with Crippen molar-refractivity contribution >= 4 is 11.8 Å². The number of nitrogens with zero attached hydrogens (tertiary/aromatic N) is 3. The highest BCUT2D eigenvalue weighted by Gasteiger charge is 2.29. The molecule has 0 saturated carbocycles.